The molecule has 1 amide bonds. The molecule has 0 radical (unpaired) electrons. The molecule has 0 saturated carbocycles. The highest BCUT2D eigenvalue weighted by Gasteiger charge is 2.13. The van der Waals surface area contributed by atoms with Gasteiger partial charge in [0, 0.05) is 11.6 Å². The van der Waals surface area contributed by atoms with Crippen LogP contribution in [0.3, 0.4) is 0 Å². The molecule has 132 valence electrons. The molecule has 0 aliphatic carbocycles. The second-order valence-corrected chi connectivity index (χ2v) is 6.48. The number of benzene rings is 1. The molecule has 0 bridgehead atoms. The van der Waals surface area contributed by atoms with Crippen molar-refractivity contribution in [3.8, 4) is 11.3 Å². The molecule has 2 aromatic heterocycles. The number of aromatic carboxylic acids is 1. The lowest BCUT2D eigenvalue weighted by Gasteiger charge is -2.09. The van der Waals surface area contributed by atoms with E-state index >= 15 is 0 Å². The number of carbonyl (C=O) groups is 2. The fraction of sp³-hybridized carbons (Fsp3) is 0.111. The summed E-state index contributed by atoms with van der Waals surface area (Å²) in [7, 11) is 0. The summed E-state index contributed by atoms with van der Waals surface area (Å²) in [6.07, 6.45) is 2.54. The Kier molecular flexibility index (Phi) is 4.94. The number of carbonyl (C=O) groups excluding carboxylic acids is 1. The molecular weight excluding hydrogens is 354 g/mol. The number of carboxylic acid groups (broad SMARTS) is 1. The Hall–Kier alpha value is -3.26. The summed E-state index contributed by atoms with van der Waals surface area (Å²) in [4.78, 5) is 38.9. The first-order chi connectivity index (χ1) is 12.4. The van der Waals surface area contributed by atoms with Crippen LogP contribution < -0.4 is 10.2 Å². The molecule has 1 aromatic carbocycles. The molecular formula is C18H15N3O4S. The van der Waals surface area contributed by atoms with Gasteiger partial charge in [0.25, 0.3) is 0 Å². The second kappa shape index (κ2) is 7.32. The Labute approximate surface area is 152 Å². The van der Waals surface area contributed by atoms with Crippen molar-refractivity contribution >= 4 is 28.9 Å². The summed E-state index contributed by atoms with van der Waals surface area (Å²) >= 11 is 1.02. The van der Waals surface area contributed by atoms with E-state index in [-0.39, 0.29) is 22.7 Å². The lowest BCUT2D eigenvalue weighted by molar-refractivity contribution is -0.116. The van der Waals surface area contributed by atoms with Gasteiger partial charge in [-0.15, -0.1) is 0 Å². The van der Waals surface area contributed by atoms with Crippen LogP contribution in [-0.4, -0.2) is 26.5 Å². The Morgan fingerprint density at radius 2 is 1.96 bits per heavy atom. The predicted octanol–water partition coefficient (Wildman–Crippen LogP) is 2.62. The van der Waals surface area contributed by atoms with Gasteiger partial charge in [-0.2, -0.15) is 0 Å². The Balaban J connectivity index is 1.81. The van der Waals surface area contributed by atoms with Gasteiger partial charge in [-0.3, -0.25) is 19.1 Å². The number of anilines is 1. The van der Waals surface area contributed by atoms with Crippen molar-refractivity contribution < 1.29 is 14.7 Å². The van der Waals surface area contributed by atoms with E-state index in [0.717, 1.165) is 22.5 Å². The minimum atomic E-state index is -1.13. The second-order valence-electron chi connectivity index (χ2n) is 5.65. The number of carboxylic acids is 1. The van der Waals surface area contributed by atoms with Gasteiger partial charge >= 0.3 is 10.8 Å². The highest BCUT2D eigenvalue weighted by atomic mass is 32.1. The van der Waals surface area contributed by atoms with Crippen LogP contribution >= 0.6 is 11.3 Å². The number of aryl methyl sites for hydroxylation is 1. The van der Waals surface area contributed by atoms with Crippen molar-refractivity contribution in [2.75, 3.05) is 5.32 Å². The maximum Gasteiger partial charge on any atom is 0.337 e. The molecule has 0 saturated heterocycles. The number of amides is 1. The fourth-order valence-electron chi connectivity index (χ4n) is 2.40. The maximum absolute atomic E-state index is 12.3. The van der Waals surface area contributed by atoms with Crippen LogP contribution in [0.25, 0.3) is 11.3 Å². The van der Waals surface area contributed by atoms with Gasteiger partial charge in [0.1, 0.15) is 6.54 Å². The number of hydrogen-bond donors (Lipinski definition) is 2. The predicted molar refractivity (Wildman–Crippen MR) is 98.6 cm³/mol. The molecule has 0 unspecified atom stereocenters. The largest absolute Gasteiger partial charge is 0.478 e. The van der Waals surface area contributed by atoms with Crippen molar-refractivity contribution in [1.82, 2.24) is 9.55 Å². The van der Waals surface area contributed by atoms with E-state index in [1.807, 2.05) is 31.2 Å². The van der Waals surface area contributed by atoms with E-state index in [1.165, 1.54) is 23.0 Å². The van der Waals surface area contributed by atoms with E-state index < -0.39 is 11.9 Å². The van der Waals surface area contributed by atoms with Crippen LogP contribution in [0, 0.1) is 6.92 Å². The van der Waals surface area contributed by atoms with Gasteiger partial charge in [-0.1, -0.05) is 41.2 Å². The van der Waals surface area contributed by atoms with Gasteiger partial charge < -0.3 is 10.4 Å². The molecule has 0 atom stereocenters. The third kappa shape index (κ3) is 3.86. The minimum Gasteiger partial charge on any atom is -0.478 e. The zero-order valence-corrected chi connectivity index (χ0v) is 14.6. The minimum absolute atomic E-state index is 0.0316. The highest BCUT2D eigenvalue weighted by Crippen LogP contribution is 2.20. The van der Waals surface area contributed by atoms with E-state index in [1.54, 1.807) is 5.38 Å². The lowest BCUT2D eigenvalue weighted by atomic mass is 10.1. The third-order valence-electron chi connectivity index (χ3n) is 3.70. The summed E-state index contributed by atoms with van der Waals surface area (Å²) in [5.74, 6) is -1.58. The topological polar surface area (TPSA) is 101 Å². The number of aromatic nitrogens is 2. The molecule has 26 heavy (non-hydrogen) atoms. The number of thiazole rings is 1. The average molecular weight is 369 g/mol. The third-order valence-corrected chi connectivity index (χ3v) is 4.46. The number of nitrogens with one attached hydrogen (secondary N) is 1. The summed E-state index contributed by atoms with van der Waals surface area (Å²) in [5, 5.41) is 13.3. The number of pyridine rings is 1. The molecule has 8 heteroatoms. The molecule has 2 heterocycles. The molecule has 0 fully saturated rings. The van der Waals surface area contributed by atoms with Crippen LogP contribution in [0.1, 0.15) is 15.9 Å². The fourth-order valence-corrected chi connectivity index (χ4v) is 3.17. The molecule has 0 spiro atoms. The Morgan fingerprint density at radius 1 is 1.23 bits per heavy atom. The summed E-state index contributed by atoms with van der Waals surface area (Å²) in [6, 6.07) is 8.97. The number of hydrogen-bond acceptors (Lipinski definition) is 5. The van der Waals surface area contributed by atoms with Crippen LogP contribution in [0.15, 0.2) is 52.9 Å². The smallest absolute Gasteiger partial charge is 0.337 e. The van der Waals surface area contributed by atoms with E-state index in [9.17, 15) is 14.4 Å². The molecule has 7 nitrogen and oxygen atoms in total. The lowest BCUT2D eigenvalue weighted by Crippen LogP contribution is -2.25. The molecule has 3 rings (SSSR count). The first kappa shape index (κ1) is 17.6. The van der Waals surface area contributed by atoms with Crippen LogP contribution in [0.4, 0.5) is 5.69 Å². The monoisotopic (exact) mass is 369 g/mol. The van der Waals surface area contributed by atoms with Crippen LogP contribution in [-0.2, 0) is 11.3 Å². The quantitative estimate of drug-likeness (QED) is 0.720. The molecule has 3 aromatic rings. The molecule has 0 aliphatic heterocycles. The summed E-state index contributed by atoms with van der Waals surface area (Å²) in [6.45, 7) is 1.79. The Bertz CT molecular complexity index is 1020. The highest BCUT2D eigenvalue weighted by molar-refractivity contribution is 7.07. The van der Waals surface area contributed by atoms with Gasteiger partial charge in [0.2, 0.25) is 5.91 Å². The zero-order valence-electron chi connectivity index (χ0n) is 13.8. The van der Waals surface area contributed by atoms with Crippen molar-refractivity contribution in [1.29, 1.82) is 0 Å². The first-order valence-electron chi connectivity index (χ1n) is 7.67. The van der Waals surface area contributed by atoms with Crippen molar-refractivity contribution in [2.45, 2.75) is 13.5 Å². The van der Waals surface area contributed by atoms with Crippen molar-refractivity contribution in [3.63, 3.8) is 0 Å². The van der Waals surface area contributed by atoms with Gasteiger partial charge in [-0.25, -0.2) is 4.79 Å². The van der Waals surface area contributed by atoms with Gasteiger partial charge in [0.15, 0.2) is 0 Å². The first-order valence-corrected chi connectivity index (χ1v) is 8.55. The standard InChI is InChI=1S/C18H15N3O4S/c1-11-2-4-12(5-3-11)15-10-26-18(25)21(15)9-16(22)20-14-6-13(17(23)24)7-19-8-14/h2-8,10H,9H2,1H3,(H,20,22)(H,23,24). The number of rotatable bonds is 5. The summed E-state index contributed by atoms with van der Waals surface area (Å²) < 4.78 is 1.39. The van der Waals surface area contributed by atoms with E-state index in [0.29, 0.717) is 5.69 Å². The zero-order chi connectivity index (χ0) is 18.7. The van der Waals surface area contributed by atoms with E-state index in [2.05, 4.69) is 10.3 Å². The molecule has 0 aliphatic rings. The number of nitrogens with zero attached hydrogens (tertiary/aromatic N) is 2. The Morgan fingerprint density at radius 3 is 2.65 bits per heavy atom. The SMILES string of the molecule is Cc1ccc(-c2csc(=O)n2CC(=O)Nc2cncc(C(=O)O)c2)cc1. The summed E-state index contributed by atoms with van der Waals surface area (Å²) in [5.41, 5.74) is 2.83. The van der Waals surface area contributed by atoms with Crippen molar-refractivity contribution in [3.05, 3.63) is 68.9 Å². The van der Waals surface area contributed by atoms with Crippen molar-refractivity contribution in [2.24, 2.45) is 0 Å². The van der Waals surface area contributed by atoms with Gasteiger partial charge in [0.05, 0.1) is 23.1 Å². The average Bonchev–Trinajstić information content (AvgIpc) is 2.96. The van der Waals surface area contributed by atoms with Crippen LogP contribution in [0.5, 0.6) is 0 Å². The maximum atomic E-state index is 12.3. The molecule has 2 N–H and O–H groups in total. The normalized spacial score (nSPS) is 10.5. The van der Waals surface area contributed by atoms with Gasteiger partial charge in [-0.05, 0) is 18.6 Å². The van der Waals surface area contributed by atoms with Crippen LogP contribution in [0.2, 0.25) is 0 Å². The van der Waals surface area contributed by atoms with E-state index in [4.69, 9.17) is 5.11 Å².